The SMILES string of the molecule is O=C(CSc1ccc(C(F)(F)F)cn1)NC1CS(=O)(=O)CC1N1CCCC1. The highest BCUT2D eigenvalue weighted by molar-refractivity contribution is 7.99. The molecule has 0 aromatic carbocycles. The maximum atomic E-state index is 12.5. The van der Waals surface area contributed by atoms with Crippen LogP contribution in [-0.2, 0) is 20.8 Å². The van der Waals surface area contributed by atoms with Crippen LogP contribution in [0.1, 0.15) is 18.4 Å². The Kier molecular flexibility index (Phi) is 6.02. The minimum absolute atomic E-state index is 0.0400. The lowest BCUT2D eigenvalue weighted by atomic mass is 10.1. The second-order valence-electron chi connectivity index (χ2n) is 6.73. The Hall–Kier alpha value is -1.33. The van der Waals surface area contributed by atoms with Crippen molar-refractivity contribution in [2.24, 2.45) is 0 Å². The number of rotatable bonds is 5. The van der Waals surface area contributed by atoms with E-state index < -0.39 is 27.6 Å². The number of hydrogen-bond donors (Lipinski definition) is 1. The first-order chi connectivity index (χ1) is 12.6. The third-order valence-corrected chi connectivity index (χ3v) is 7.35. The number of aromatic nitrogens is 1. The molecule has 0 radical (unpaired) electrons. The van der Waals surface area contributed by atoms with Crippen LogP contribution in [0.2, 0.25) is 0 Å². The van der Waals surface area contributed by atoms with Crippen molar-refractivity contribution in [2.75, 3.05) is 30.3 Å². The Bertz CT molecular complexity index is 778. The highest BCUT2D eigenvalue weighted by Crippen LogP contribution is 2.29. The van der Waals surface area contributed by atoms with Gasteiger partial charge in [-0.05, 0) is 38.1 Å². The van der Waals surface area contributed by atoms with Crippen LogP contribution in [-0.4, -0.2) is 66.6 Å². The number of hydrogen-bond acceptors (Lipinski definition) is 6. The van der Waals surface area contributed by atoms with Crippen molar-refractivity contribution in [1.29, 1.82) is 0 Å². The minimum atomic E-state index is -4.45. The molecular formula is C16H20F3N3O3S2. The van der Waals surface area contributed by atoms with Gasteiger partial charge in [-0.3, -0.25) is 9.69 Å². The van der Waals surface area contributed by atoms with E-state index in [1.807, 2.05) is 0 Å². The molecule has 1 aromatic rings. The molecule has 0 saturated carbocycles. The molecule has 2 unspecified atom stereocenters. The average Bonchev–Trinajstić information content (AvgIpc) is 3.20. The summed E-state index contributed by atoms with van der Waals surface area (Å²) in [7, 11) is -3.20. The van der Waals surface area contributed by atoms with E-state index >= 15 is 0 Å². The van der Waals surface area contributed by atoms with Crippen LogP contribution in [0.3, 0.4) is 0 Å². The fraction of sp³-hybridized carbons (Fsp3) is 0.625. The molecule has 27 heavy (non-hydrogen) atoms. The molecule has 2 aliphatic rings. The van der Waals surface area contributed by atoms with Crippen LogP contribution >= 0.6 is 11.8 Å². The van der Waals surface area contributed by atoms with Gasteiger partial charge in [0.1, 0.15) is 0 Å². The van der Waals surface area contributed by atoms with Gasteiger partial charge in [0.05, 0.1) is 33.9 Å². The van der Waals surface area contributed by atoms with E-state index in [4.69, 9.17) is 0 Å². The molecule has 2 saturated heterocycles. The van der Waals surface area contributed by atoms with Gasteiger partial charge in [0.25, 0.3) is 0 Å². The number of halogens is 3. The highest BCUT2D eigenvalue weighted by Gasteiger charge is 2.42. The topological polar surface area (TPSA) is 79.4 Å². The molecule has 11 heteroatoms. The predicted molar refractivity (Wildman–Crippen MR) is 95.1 cm³/mol. The van der Waals surface area contributed by atoms with Crippen molar-refractivity contribution < 1.29 is 26.4 Å². The monoisotopic (exact) mass is 423 g/mol. The summed E-state index contributed by atoms with van der Waals surface area (Å²) in [5.41, 5.74) is -0.846. The number of carbonyl (C=O) groups excluding carboxylic acids is 1. The normalized spacial score (nSPS) is 25.6. The second kappa shape index (κ2) is 7.96. The first-order valence-corrected chi connectivity index (χ1v) is 11.3. The number of sulfone groups is 1. The molecule has 0 spiro atoms. The lowest BCUT2D eigenvalue weighted by molar-refractivity contribution is -0.137. The standard InChI is InChI=1S/C16H20F3N3O3S2/c17-16(18,19)11-3-4-15(20-7-11)26-8-14(23)21-12-9-27(24,25)10-13(12)22-5-1-2-6-22/h3-4,7,12-13H,1-2,5-6,8-10H2,(H,21,23). The van der Waals surface area contributed by atoms with Crippen LogP contribution < -0.4 is 5.32 Å². The summed E-state index contributed by atoms with van der Waals surface area (Å²) in [6.45, 7) is 1.66. The van der Waals surface area contributed by atoms with Gasteiger partial charge in [0.2, 0.25) is 5.91 Å². The van der Waals surface area contributed by atoms with E-state index in [1.54, 1.807) is 0 Å². The van der Waals surface area contributed by atoms with E-state index in [-0.39, 0.29) is 29.2 Å². The van der Waals surface area contributed by atoms with Gasteiger partial charge in [-0.2, -0.15) is 13.2 Å². The van der Waals surface area contributed by atoms with E-state index in [2.05, 4.69) is 15.2 Å². The molecular weight excluding hydrogens is 403 g/mol. The quantitative estimate of drug-likeness (QED) is 0.725. The van der Waals surface area contributed by atoms with Gasteiger partial charge >= 0.3 is 6.18 Å². The minimum Gasteiger partial charge on any atom is -0.350 e. The van der Waals surface area contributed by atoms with E-state index in [0.717, 1.165) is 50.0 Å². The molecule has 150 valence electrons. The van der Waals surface area contributed by atoms with Crippen molar-refractivity contribution in [3.8, 4) is 0 Å². The number of likely N-dealkylation sites (tertiary alicyclic amines) is 1. The molecule has 1 amide bonds. The van der Waals surface area contributed by atoms with Gasteiger partial charge in [-0.1, -0.05) is 11.8 Å². The molecule has 1 aromatic heterocycles. The zero-order chi connectivity index (χ0) is 19.7. The molecule has 2 atom stereocenters. The fourth-order valence-corrected chi connectivity index (χ4v) is 6.03. The summed E-state index contributed by atoms with van der Waals surface area (Å²) in [6.07, 6.45) is -1.68. The zero-order valence-electron chi connectivity index (χ0n) is 14.4. The summed E-state index contributed by atoms with van der Waals surface area (Å²) in [5.74, 6) is -0.427. The maximum absolute atomic E-state index is 12.5. The fourth-order valence-electron chi connectivity index (χ4n) is 3.42. The Labute approximate surface area is 159 Å². The van der Waals surface area contributed by atoms with Crippen molar-refractivity contribution >= 4 is 27.5 Å². The number of nitrogens with zero attached hydrogens (tertiary/aromatic N) is 2. The van der Waals surface area contributed by atoms with Gasteiger partial charge in [0, 0.05) is 12.2 Å². The van der Waals surface area contributed by atoms with E-state index in [1.165, 1.54) is 6.07 Å². The van der Waals surface area contributed by atoms with E-state index in [9.17, 15) is 26.4 Å². The molecule has 2 fully saturated rings. The van der Waals surface area contributed by atoms with Gasteiger partial charge < -0.3 is 5.32 Å². The van der Waals surface area contributed by atoms with Crippen LogP contribution in [0.5, 0.6) is 0 Å². The van der Waals surface area contributed by atoms with Gasteiger partial charge in [0.15, 0.2) is 9.84 Å². The number of thioether (sulfide) groups is 1. The predicted octanol–water partition coefficient (Wildman–Crippen LogP) is 1.57. The number of alkyl halides is 3. The van der Waals surface area contributed by atoms with Crippen LogP contribution in [0.15, 0.2) is 23.4 Å². The third kappa shape index (κ3) is 5.35. The summed E-state index contributed by atoms with van der Waals surface area (Å²) >= 11 is 1.01. The van der Waals surface area contributed by atoms with Crippen molar-refractivity contribution in [2.45, 2.75) is 36.1 Å². The summed E-state index contributed by atoms with van der Waals surface area (Å²) < 4.78 is 61.6. The Balaban J connectivity index is 1.55. The molecule has 0 bridgehead atoms. The Morgan fingerprint density at radius 2 is 1.96 bits per heavy atom. The zero-order valence-corrected chi connectivity index (χ0v) is 16.0. The van der Waals surface area contributed by atoms with Crippen molar-refractivity contribution in [1.82, 2.24) is 15.2 Å². The number of carbonyl (C=O) groups is 1. The second-order valence-corrected chi connectivity index (χ2v) is 9.88. The Morgan fingerprint density at radius 3 is 2.56 bits per heavy atom. The molecule has 3 rings (SSSR count). The molecule has 6 nitrogen and oxygen atoms in total. The third-order valence-electron chi connectivity index (χ3n) is 4.69. The maximum Gasteiger partial charge on any atom is 0.417 e. The van der Waals surface area contributed by atoms with Crippen molar-refractivity contribution in [3.05, 3.63) is 23.9 Å². The molecule has 1 N–H and O–H groups in total. The number of amides is 1. The summed E-state index contributed by atoms with van der Waals surface area (Å²) in [5, 5.41) is 3.08. The summed E-state index contributed by atoms with van der Waals surface area (Å²) in [4.78, 5) is 18.0. The van der Waals surface area contributed by atoms with Crippen LogP contribution in [0.25, 0.3) is 0 Å². The van der Waals surface area contributed by atoms with Gasteiger partial charge in [-0.25, -0.2) is 13.4 Å². The first-order valence-electron chi connectivity index (χ1n) is 8.54. The first kappa shape index (κ1) is 20.4. The van der Waals surface area contributed by atoms with Crippen LogP contribution in [0.4, 0.5) is 13.2 Å². The summed E-state index contributed by atoms with van der Waals surface area (Å²) in [6, 6.07) is 1.46. The van der Waals surface area contributed by atoms with Crippen LogP contribution in [0, 0.1) is 0 Å². The smallest absolute Gasteiger partial charge is 0.350 e. The van der Waals surface area contributed by atoms with Crippen molar-refractivity contribution in [3.63, 3.8) is 0 Å². The lowest BCUT2D eigenvalue weighted by Crippen LogP contribution is -2.50. The number of pyridine rings is 1. The Morgan fingerprint density at radius 1 is 1.26 bits per heavy atom. The lowest BCUT2D eigenvalue weighted by Gasteiger charge is -2.28. The highest BCUT2D eigenvalue weighted by atomic mass is 32.2. The molecule has 2 aliphatic heterocycles. The van der Waals surface area contributed by atoms with E-state index in [0.29, 0.717) is 5.03 Å². The largest absolute Gasteiger partial charge is 0.417 e. The average molecular weight is 423 g/mol. The molecule has 3 heterocycles. The van der Waals surface area contributed by atoms with Gasteiger partial charge in [-0.15, -0.1) is 0 Å². The molecule has 0 aliphatic carbocycles. The number of nitrogens with one attached hydrogen (secondary N) is 1.